The standard InChI is InChI=1S/C15H15BrN2O2/c1-9-6-7-12(10(2)8-9)20-13-5-3-4-11(16)14(13)15(17)18-19/h3-8,19H,1-2H3,(H2,17,18). The lowest BCUT2D eigenvalue weighted by molar-refractivity contribution is 0.318. The minimum atomic E-state index is -0.00256. The van der Waals surface area contributed by atoms with E-state index in [1.165, 1.54) is 5.56 Å². The van der Waals surface area contributed by atoms with Gasteiger partial charge in [0.05, 0.1) is 5.56 Å². The summed E-state index contributed by atoms with van der Waals surface area (Å²) < 4.78 is 6.60. The predicted molar refractivity (Wildman–Crippen MR) is 82.6 cm³/mol. The van der Waals surface area contributed by atoms with Crippen LogP contribution in [0.25, 0.3) is 0 Å². The second-order valence-corrected chi connectivity index (χ2v) is 5.32. The molecule has 0 aliphatic carbocycles. The lowest BCUT2D eigenvalue weighted by atomic mass is 10.1. The van der Waals surface area contributed by atoms with Crippen molar-refractivity contribution in [2.45, 2.75) is 13.8 Å². The molecule has 0 unspecified atom stereocenters. The Morgan fingerprint density at radius 1 is 1.20 bits per heavy atom. The molecule has 0 radical (unpaired) electrons. The van der Waals surface area contributed by atoms with E-state index < -0.39 is 0 Å². The van der Waals surface area contributed by atoms with Gasteiger partial charge in [0.1, 0.15) is 11.5 Å². The molecular formula is C15H15BrN2O2. The third-order valence-corrected chi connectivity index (χ3v) is 3.55. The van der Waals surface area contributed by atoms with E-state index >= 15 is 0 Å². The van der Waals surface area contributed by atoms with Gasteiger partial charge in [0.15, 0.2) is 5.84 Å². The van der Waals surface area contributed by atoms with Gasteiger partial charge in [0.2, 0.25) is 0 Å². The number of ether oxygens (including phenoxy) is 1. The highest BCUT2D eigenvalue weighted by molar-refractivity contribution is 9.10. The molecule has 104 valence electrons. The van der Waals surface area contributed by atoms with Crippen LogP contribution < -0.4 is 10.5 Å². The van der Waals surface area contributed by atoms with Gasteiger partial charge >= 0.3 is 0 Å². The minimum absolute atomic E-state index is 0.00256. The third kappa shape index (κ3) is 2.93. The first-order chi connectivity index (χ1) is 9.52. The van der Waals surface area contributed by atoms with Gasteiger partial charge < -0.3 is 15.7 Å². The average molecular weight is 335 g/mol. The van der Waals surface area contributed by atoms with Crippen molar-refractivity contribution in [3.05, 3.63) is 57.6 Å². The molecule has 20 heavy (non-hydrogen) atoms. The Labute approximate surface area is 126 Å². The summed E-state index contributed by atoms with van der Waals surface area (Å²) >= 11 is 3.38. The molecule has 0 saturated carbocycles. The van der Waals surface area contributed by atoms with Crippen molar-refractivity contribution in [3.63, 3.8) is 0 Å². The number of nitrogens with two attached hydrogens (primary N) is 1. The van der Waals surface area contributed by atoms with Gasteiger partial charge in [-0.05, 0) is 53.5 Å². The maximum atomic E-state index is 8.88. The highest BCUT2D eigenvalue weighted by Gasteiger charge is 2.14. The number of amidine groups is 1. The molecule has 0 bridgehead atoms. The largest absolute Gasteiger partial charge is 0.456 e. The van der Waals surface area contributed by atoms with Crippen LogP contribution in [0.15, 0.2) is 46.0 Å². The summed E-state index contributed by atoms with van der Waals surface area (Å²) in [6, 6.07) is 11.3. The Kier molecular flexibility index (Phi) is 4.29. The number of hydrogen-bond donors (Lipinski definition) is 2. The quantitative estimate of drug-likeness (QED) is 0.386. The van der Waals surface area contributed by atoms with Gasteiger partial charge in [-0.3, -0.25) is 0 Å². The van der Waals surface area contributed by atoms with E-state index in [0.29, 0.717) is 15.8 Å². The maximum Gasteiger partial charge on any atom is 0.175 e. The number of hydrogen-bond acceptors (Lipinski definition) is 3. The van der Waals surface area contributed by atoms with Gasteiger partial charge in [0, 0.05) is 4.47 Å². The zero-order chi connectivity index (χ0) is 14.7. The number of benzene rings is 2. The van der Waals surface area contributed by atoms with Crippen LogP contribution in [0.2, 0.25) is 0 Å². The number of rotatable bonds is 3. The second-order valence-electron chi connectivity index (χ2n) is 4.47. The van der Waals surface area contributed by atoms with Crippen molar-refractivity contribution in [1.29, 1.82) is 0 Å². The molecule has 0 spiro atoms. The van der Waals surface area contributed by atoms with Crippen LogP contribution in [-0.4, -0.2) is 11.0 Å². The summed E-state index contributed by atoms with van der Waals surface area (Å²) in [5, 5.41) is 11.9. The molecule has 0 aliphatic rings. The molecule has 5 heteroatoms. The van der Waals surface area contributed by atoms with Gasteiger partial charge in [-0.15, -0.1) is 0 Å². The third-order valence-electron chi connectivity index (χ3n) is 2.89. The van der Waals surface area contributed by atoms with E-state index in [4.69, 9.17) is 15.7 Å². The smallest absolute Gasteiger partial charge is 0.175 e. The highest BCUT2D eigenvalue weighted by atomic mass is 79.9. The van der Waals surface area contributed by atoms with Gasteiger partial charge in [0.25, 0.3) is 0 Å². The van der Waals surface area contributed by atoms with Crippen LogP contribution in [0.4, 0.5) is 0 Å². The SMILES string of the molecule is Cc1ccc(Oc2cccc(Br)c2/C(N)=N/O)c(C)c1. The number of oxime groups is 1. The van der Waals surface area contributed by atoms with Crippen molar-refractivity contribution in [3.8, 4) is 11.5 Å². The fraction of sp³-hybridized carbons (Fsp3) is 0.133. The molecule has 0 aliphatic heterocycles. The molecule has 0 atom stereocenters. The topological polar surface area (TPSA) is 67.8 Å². The lowest BCUT2D eigenvalue weighted by Gasteiger charge is -2.13. The summed E-state index contributed by atoms with van der Waals surface area (Å²) in [6.07, 6.45) is 0. The normalized spacial score (nSPS) is 11.4. The molecule has 0 aromatic heterocycles. The maximum absolute atomic E-state index is 8.88. The van der Waals surface area contributed by atoms with Gasteiger partial charge in [-0.1, -0.05) is 28.9 Å². The van der Waals surface area contributed by atoms with Crippen molar-refractivity contribution < 1.29 is 9.94 Å². The molecule has 0 heterocycles. The summed E-state index contributed by atoms with van der Waals surface area (Å²) in [7, 11) is 0. The van der Waals surface area contributed by atoms with Crippen LogP contribution in [0.1, 0.15) is 16.7 Å². The molecule has 0 amide bonds. The molecule has 2 aromatic carbocycles. The molecule has 2 rings (SSSR count). The highest BCUT2D eigenvalue weighted by Crippen LogP contribution is 2.32. The van der Waals surface area contributed by atoms with E-state index in [1.54, 1.807) is 6.07 Å². The Bertz CT molecular complexity index is 669. The summed E-state index contributed by atoms with van der Waals surface area (Å²) in [6.45, 7) is 4.00. The van der Waals surface area contributed by atoms with E-state index in [0.717, 1.165) is 11.3 Å². The van der Waals surface area contributed by atoms with Gasteiger partial charge in [-0.2, -0.15) is 0 Å². The molecule has 0 saturated heterocycles. The summed E-state index contributed by atoms with van der Waals surface area (Å²) in [5.74, 6) is 1.26. The Hall–Kier alpha value is -2.01. The minimum Gasteiger partial charge on any atom is -0.456 e. The van der Waals surface area contributed by atoms with Crippen LogP contribution >= 0.6 is 15.9 Å². The molecular weight excluding hydrogens is 320 g/mol. The Morgan fingerprint density at radius 3 is 2.60 bits per heavy atom. The van der Waals surface area contributed by atoms with Crippen LogP contribution in [0.5, 0.6) is 11.5 Å². The van der Waals surface area contributed by atoms with E-state index in [-0.39, 0.29) is 5.84 Å². The monoisotopic (exact) mass is 334 g/mol. The van der Waals surface area contributed by atoms with E-state index in [1.807, 2.05) is 44.2 Å². The number of aryl methyl sites for hydroxylation is 2. The van der Waals surface area contributed by atoms with E-state index in [9.17, 15) is 0 Å². The number of nitrogens with zero attached hydrogens (tertiary/aromatic N) is 1. The van der Waals surface area contributed by atoms with Crippen molar-refractivity contribution in [2.24, 2.45) is 10.9 Å². The van der Waals surface area contributed by atoms with Crippen LogP contribution in [0.3, 0.4) is 0 Å². The van der Waals surface area contributed by atoms with Crippen LogP contribution in [0, 0.1) is 13.8 Å². The Balaban J connectivity index is 2.46. The first kappa shape index (κ1) is 14.4. The lowest BCUT2D eigenvalue weighted by Crippen LogP contribution is -2.15. The fourth-order valence-electron chi connectivity index (χ4n) is 1.92. The number of halogens is 1. The van der Waals surface area contributed by atoms with Crippen LogP contribution in [-0.2, 0) is 0 Å². The Morgan fingerprint density at radius 2 is 1.95 bits per heavy atom. The van der Waals surface area contributed by atoms with Crippen molar-refractivity contribution >= 4 is 21.8 Å². The average Bonchev–Trinajstić information content (AvgIpc) is 2.41. The fourth-order valence-corrected chi connectivity index (χ4v) is 2.47. The summed E-state index contributed by atoms with van der Waals surface area (Å²) in [5.41, 5.74) is 8.42. The van der Waals surface area contributed by atoms with Crippen molar-refractivity contribution in [2.75, 3.05) is 0 Å². The van der Waals surface area contributed by atoms with Gasteiger partial charge in [-0.25, -0.2) is 0 Å². The predicted octanol–water partition coefficient (Wildman–Crippen LogP) is 3.95. The molecule has 3 N–H and O–H groups in total. The van der Waals surface area contributed by atoms with E-state index in [2.05, 4.69) is 21.1 Å². The summed E-state index contributed by atoms with van der Waals surface area (Å²) in [4.78, 5) is 0. The zero-order valence-corrected chi connectivity index (χ0v) is 12.8. The zero-order valence-electron chi connectivity index (χ0n) is 11.2. The molecule has 4 nitrogen and oxygen atoms in total. The first-order valence-corrected chi connectivity index (χ1v) is 6.83. The van der Waals surface area contributed by atoms with Crippen molar-refractivity contribution in [1.82, 2.24) is 0 Å². The first-order valence-electron chi connectivity index (χ1n) is 6.04. The molecule has 0 fully saturated rings. The molecule has 2 aromatic rings. The second kappa shape index (κ2) is 5.96.